The fraction of sp³-hybridized carbons (Fsp3) is 0.308. The Balaban J connectivity index is 2.84. The number of aliphatic carboxylic acids is 1. The van der Waals surface area contributed by atoms with E-state index in [1.807, 2.05) is 24.3 Å². The van der Waals surface area contributed by atoms with Gasteiger partial charge in [0, 0.05) is 16.5 Å². The number of rotatable bonds is 6. The molecule has 0 spiro atoms. The molecule has 17 heavy (non-hydrogen) atoms. The number of alkyl halides is 1. The molecule has 1 N–H and O–H groups in total. The molecule has 1 aromatic carbocycles. The van der Waals surface area contributed by atoms with Crippen LogP contribution in [-0.2, 0) is 4.79 Å². The number of halogens is 1. The lowest BCUT2D eigenvalue weighted by molar-refractivity contribution is -0.132. The Kier molecular flexibility index (Phi) is 5.77. The topological polar surface area (TPSA) is 46.5 Å². The van der Waals surface area contributed by atoms with Gasteiger partial charge in [0.2, 0.25) is 0 Å². The number of hydrogen-bond acceptors (Lipinski definition) is 2. The normalized spacial score (nSPS) is 11.3. The molecule has 0 aromatic heterocycles. The Morgan fingerprint density at radius 2 is 2.18 bits per heavy atom. The molecule has 0 aliphatic heterocycles. The van der Waals surface area contributed by atoms with Crippen molar-refractivity contribution in [1.82, 2.24) is 0 Å². The summed E-state index contributed by atoms with van der Waals surface area (Å²) in [4.78, 5) is 10.8. The first-order valence-electron chi connectivity index (χ1n) is 5.34. The van der Waals surface area contributed by atoms with E-state index in [9.17, 15) is 4.79 Å². The van der Waals surface area contributed by atoms with Crippen LogP contribution < -0.4 is 4.74 Å². The number of carboxylic acid groups (broad SMARTS) is 1. The van der Waals surface area contributed by atoms with Gasteiger partial charge in [0.15, 0.2) is 0 Å². The molecule has 92 valence electrons. The Morgan fingerprint density at radius 3 is 2.82 bits per heavy atom. The van der Waals surface area contributed by atoms with Crippen LogP contribution in [0.2, 0.25) is 0 Å². The van der Waals surface area contributed by atoms with Crippen molar-refractivity contribution in [3.05, 3.63) is 35.4 Å². The van der Waals surface area contributed by atoms with Crippen LogP contribution in [0.4, 0.5) is 0 Å². The first-order chi connectivity index (χ1) is 8.15. The largest absolute Gasteiger partial charge is 0.493 e. The van der Waals surface area contributed by atoms with E-state index in [4.69, 9.17) is 9.84 Å². The highest BCUT2D eigenvalue weighted by Crippen LogP contribution is 2.21. The summed E-state index contributed by atoms with van der Waals surface area (Å²) in [6, 6.07) is 7.42. The van der Waals surface area contributed by atoms with Gasteiger partial charge in [-0.2, -0.15) is 0 Å². The van der Waals surface area contributed by atoms with Gasteiger partial charge in [-0.05, 0) is 25.5 Å². The molecule has 0 heterocycles. The van der Waals surface area contributed by atoms with E-state index in [0.29, 0.717) is 17.9 Å². The molecule has 0 saturated heterocycles. The second-order valence-corrected chi connectivity index (χ2v) is 4.35. The maximum absolute atomic E-state index is 10.8. The van der Waals surface area contributed by atoms with Gasteiger partial charge in [-0.1, -0.05) is 34.1 Å². The molecule has 0 bridgehead atoms. The van der Waals surface area contributed by atoms with Crippen LogP contribution in [0.15, 0.2) is 29.8 Å². The van der Waals surface area contributed by atoms with Gasteiger partial charge in [0.25, 0.3) is 0 Å². The van der Waals surface area contributed by atoms with Crippen molar-refractivity contribution < 1.29 is 14.6 Å². The summed E-state index contributed by atoms with van der Waals surface area (Å²) in [6.45, 7) is 2.18. The summed E-state index contributed by atoms with van der Waals surface area (Å²) < 4.78 is 5.59. The maximum atomic E-state index is 10.8. The third kappa shape index (κ3) is 4.61. The summed E-state index contributed by atoms with van der Waals surface area (Å²) in [5.74, 6) is -0.200. The van der Waals surface area contributed by atoms with Crippen LogP contribution in [0.3, 0.4) is 0 Å². The summed E-state index contributed by atoms with van der Waals surface area (Å²) in [5, 5.41) is 9.72. The minimum Gasteiger partial charge on any atom is -0.493 e. The molecule has 3 nitrogen and oxygen atoms in total. The van der Waals surface area contributed by atoms with Gasteiger partial charge in [-0.3, -0.25) is 0 Å². The zero-order valence-corrected chi connectivity index (χ0v) is 11.2. The molecule has 1 rings (SSSR count). The summed E-state index contributed by atoms with van der Waals surface area (Å²) in [7, 11) is 0. The number of carbonyl (C=O) groups is 1. The molecule has 0 aliphatic carbocycles. The molecule has 4 heteroatoms. The fourth-order valence-corrected chi connectivity index (χ4v) is 1.49. The summed E-state index contributed by atoms with van der Waals surface area (Å²) in [6.07, 6.45) is 2.53. The first-order valence-corrected chi connectivity index (χ1v) is 6.46. The summed E-state index contributed by atoms with van der Waals surface area (Å²) in [5.41, 5.74) is 1.09. The van der Waals surface area contributed by atoms with E-state index >= 15 is 0 Å². The molecule has 0 unspecified atom stereocenters. The Labute approximate surface area is 109 Å². The number of hydrogen-bond donors (Lipinski definition) is 1. The predicted molar refractivity (Wildman–Crippen MR) is 71.6 cm³/mol. The zero-order chi connectivity index (χ0) is 12.7. The molecule has 0 saturated carbocycles. The van der Waals surface area contributed by atoms with E-state index in [0.717, 1.165) is 17.3 Å². The Bertz CT molecular complexity index is 413. The second-order valence-electron chi connectivity index (χ2n) is 3.56. The van der Waals surface area contributed by atoms with Crippen LogP contribution >= 0.6 is 15.9 Å². The van der Waals surface area contributed by atoms with Crippen LogP contribution in [0.5, 0.6) is 5.75 Å². The average molecular weight is 299 g/mol. The fourth-order valence-electron chi connectivity index (χ4n) is 1.26. The highest BCUT2D eigenvalue weighted by molar-refractivity contribution is 9.09. The van der Waals surface area contributed by atoms with Crippen molar-refractivity contribution in [2.75, 3.05) is 11.9 Å². The van der Waals surface area contributed by atoms with E-state index < -0.39 is 5.97 Å². The molecule has 0 radical (unpaired) electrons. The highest BCUT2D eigenvalue weighted by Gasteiger charge is 2.04. The Hall–Kier alpha value is -1.29. The molecule has 0 aliphatic rings. The SMILES string of the molecule is CC(=Cc1ccccc1OCCCBr)C(=O)O. The first kappa shape index (κ1) is 13.8. The third-order valence-corrected chi connectivity index (χ3v) is 2.72. The van der Waals surface area contributed by atoms with Crippen molar-refractivity contribution >= 4 is 28.0 Å². The Morgan fingerprint density at radius 1 is 1.47 bits per heavy atom. The van der Waals surface area contributed by atoms with Crippen molar-refractivity contribution in [3.63, 3.8) is 0 Å². The quantitative estimate of drug-likeness (QED) is 0.498. The lowest BCUT2D eigenvalue weighted by atomic mass is 10.1. The number of carboxylic acids is 1. The number of para-hydroxylation sites is 1. The van der Waals surface area contributed by atoms with Gasteiger partial charge < -0.3 is 9.84 Å². The van der Waals surface area contributed by atoms with Crippen molar-refractivity contribution in [3.8, 4) is 5.75 Å². The molecular formula is C13H15BrO3. The zero-order valence-electron chi connectivity index (χ0n) is 9.65. The molecular weight excluding hydrogens is 284 g/mol. The van der Waals surface area contributed by atoms with E-state index in [-0.39, 0.29) is 0 Å². The van der Waals surface area contributed by atoms with Gasteiger partial charge >= 0.3 is 5.97 Å². The minimum atomic E-state index is -0.916. The lowest BCUT2D eigenvalue weighted by Crippen LogP contribution is -2.00. The van der Waals surface area contributed by atoms with E-state index in [1.54, 1.807) is 13.0 Å². The smallest absolute Gasteiger partial charge is 0.331 e. The predicted octanol–water partition coefficient (Wildman–Crippen LogP) is 3.34. The van der Waals surface area contributed by atoms with Crippen LogP contribution in [0.25, 0.3) is 6.08 Å². The van der Waals surface area contributed by atoms with Gasteiger partial charge in [0.05, 0.1) is 6.61 Å². The molecule has 0 fully saturated rings. The standard InChI is InChI=1S/C13H15BrO3/c1-10(13(15)16)9-11-5-2-3-6-12(11)17-8-4-7-14/h2-3,5-6,9H,4,7-8H2,1H3,(H,15,16). The lowest BCUT2D eigenvalue weighted by Gasteiger charge is -2.08. The van der Waals surface area contributed by atoms with E-state index in [1.165, 1.54) is 0 Å². The van der Waals surface area contributed by atoms with E-state index in [2.05, 4.69) is 15.9 Å². The molecule has 0 amide bonds. The van der Waals surface area contributed by atoms with Gasteiger partial charge in [0.1, 0.15) is 5.75 Å². The highest BCUT2D eigenvalue weighted by atomic mass is 79.9. The van der Waals surface area contributed by atoms with Crippen molar-refractivity contribution in [1.29, 1.82) is 0 Å². The minimum absolute atomic E-state index is 0.293. The van der Waals surface area contributed by atoms with Crippen LogP contribution in [0.1, 0.15) is 18.9 Å². The summed E-state index contributed by atoms with van der Waals surface area (Å²) >= 11 is 3.33. The molecule has 0 atom stereocenters. The van der Waals surface area contributed by atoms with Crippen molar-refractivity contribution in [2.24, 2.45) is 0 Å². The number of benzene rings is 1. The average Bonchev–Trinajstić information content (AvgIpc) is 2.31. The van der Waals surface area contributed by atoms with Crippen LogP contribution in [-0.4, -0.2) is 23.0 Å². The molecule has 1 aromatic rings. The number of ether oxygens (including phenoxy) is 1. The van der Waals surface area contributed by atoms with Gasteiger partial charge in [-0.15, -0.1) is 0 Å². The second kappa shape index (κ2) is 7.12. The van der Waals surface area contributed by atoms with Crippen molar-refractivity contribution in [2.45, 2.75) is 13.3 Å². The maximum Gasteiger partial charge on any atom is 0.331 e. The van der Waals surface area contributed by atoms with Crippen LogP contribution in [0, 0.1) is 0 Å². The third-order valence-electron chi connectivity index (χ3n) is 2.16. The monoisotopic (exact) mass is 298 g/mol. The van der Waals surface area contributed by atoms with Gasteiger partial charge in [-0.25, -0.2) is 4.79 Å².